The zero-order valence-corrected chi connectivity index (χ0v) is 16.3. The Morgan fingerprint density at radius 2 is 1.90 bits per heavy atom. The number of likely N-dealkylation sites (tertiary alicyclic amines) is 1. The number of hydrogen-bond donors (Lipinski definition) is 0. The second-order valence-electron chi connectivity index (χ2n) is 7.13. The van der Waals surface area contributed by atoms with Crippen molar-refractivity contribution < 1.29 is 18.4 Å². The number of carbonyl (C=O) groups is 2. The number of carbonyl (C=O) groups excluding carboxylic acids is 2. The number of Topliss-reactive ketones (excluding diaryl/α,β-unsaturated/α-hetero) is 1. The van der Waals surface area contributed by atoms with Gasteiger partial charge in [-0.15, -0.1) is 0 Å². The van der Waals surface area contributed by atoms with E-state index < -0.39 is 5.92 Å². The van der Waals surface area contributed by atoms with Gasteiger partial charge < -0.3 is 4.90 Å². The third-order valence-electron chi connectivity index (χ3n) is 4.81. The van der Waals surface area contributed by atoms with Crippen molar-refractivity contribution in [2.24, 2.45) is 0 Å². The van der Waals surface area contributed by atoms with Gasteiger partial charge in [0.05, 0.1) is 11.9 Å². The lowest BCUT2D eigenvalue weighted by atomic mass is 10.1. The molecule has 0 bridgehead atoms. The number of pyridine rings is 2. The van der Waals surface area contributed by atoms with E-state index in [2.05, 4.69) is 9.97 Å². The third-order valence-corrected chi connectivity index (χ3v) is 4.81. The normalized spacial score (nSPS) is 16.1. The number of halogens is 2. The summed E-state index contributed by atoms with van der Waals surface area (Å²) in [5.41, 5.74) is 2.57. The highest BCUT2D eigenvalue weighted by molar-refractivity contribution is 5.94. The van der Waals surface area contributed by atoms with Gasteiger partial charge in [-0.05, 0) is 32.2 Å². The smallest absolute Gasteiger partial charge is 0.250 e. The summed E-state index contributed by atoms with van der Waals surface area (Å²) in [4.78, 5) is 32.4. The summed E-state index contributed by atoms with van der Waals surface area (Å²) in [7, 11) is 1.87. The van der Waals surface area contributed by atoms with E-state index in [1.54, 1.807) is 18.3 Å². The molecule has 0 aromatic carbocycles. The standard InChI is InChI=1S/C15H11N3O2.C6H11F2N/c1-10(20)13-5-14(8-16-7-13)18-3-2-12-4-11(9-19)6-17-15(12)18;1-9-4-2-6(7,8)3-5-9/h2-9H,1H3;2-5H2,1H3. The molecule has 6 nitrogen and oxygen atoms in total. The second-order valence-corrected chi connectivity index (χ2v) is 7.13. The van der Waals surface area contributed by atoms with Gasteiger partial charge in [-0.3, -0.25) is 19.1 Å². The summed E-state index contributed by atoms with van der Waals surface area (Å²) < 4.78 is 26.5. The highest BCUT2D eigenvalue weighted by Crippen LogP contribution is 2.26. The van der Waals surface area contributed by atoms with Crippen molar-refractivity contribution in [3.63, 3.8) is 0 Å². The zero-order valence-electron chi connectivity index (χ0n) is 16.3. The lowest BCUT2D eigenvalue weighted by Crippen LogP contribution is -2.36. The van der Waals surface area contributed by atoms with E-state index in [1.165, 1.54) is 19.3 Å². The quantitative estimate of drug-likeness (QED) is 0.494. The Hall–Kier alpha value is -3.00. The average molecular weight is 400 g/mol. The number of ketones is 1. The molecular weight excluding hydrogens is 378 g/mol. The first-order valence-corrected chi connectivity index (χ1v) is 9.24. The second kappa shape index (κ2) is 8.57. The van der Waals surface area contributed by atoms with Gasteiger partial charge >= 0.3 is 0 Å². The minimum Gasteiger partial charge on any atom is -0.306 e. The number of nitrogens with zero attached hydrogens (tertiary/aromatic N) is 4. The van der Waals surface area contributed by atoms with Gasteiger partial charge in [-0.2, -0.15) is 0 Å². The number of aromatic nitrogens is 3. The number of alkyl halides is 2. The van der Waals surface area contributed by atoms with Gasteiger partial charge in [-0.25, -0.2) is 13.8 Å². The largest absolute Gasteiger partial charge is 0.306 e. The first-order chi connectivity index (χ1) is 13.8. The van der Waals surface area contributed by atoms with Crippen LogP contribution in [0.4, 0.5) is 8.78 Å². The Labute approximate surface area is 167 Å². The van der Waals surface area contributed by atoms with Crippen LogP contribution in [0, 0.1) is 0 Å². The molecule has 1 aliphatic heterocycles. The number of rotatable bonds is 3. The molecular formula is C21H22F2N4O2. The fourth-order valence-electron chi connectivity index (χ4n) is 3.01. The Morgan fingerprint density at radius 1 is 1.17 bits per heavy atom. The number of aldehydes is 1. The molecule has 4 heterocycles. The van der Waals surface area contributed by atoms with Gasteiger partial charge in [0, 0.05) is 61.0 Å². The molecule has 8 heteroatoms. The molecule has 1 aliphatic rings. The van der Waals surface area contributed by atoms with Gasteiger partial charge in [0.1, 0.15) is 5.65 Å². The lowest BCUT2D eigenvalue weighted by molar-refractivity contribution is -0.0504. The average Bonchev–Trinajstić information content (AvgIpc) is 3.14. The van der Waals surface area contributed by atoms with Crippen molar-refractivity contribution >= 4 is 23.1 Å². The van der Waals surface area contributed by atoms with Gasteiger partial charge in [-0.1, -0.05) is 0 Å². The molecule has 1 fully saturated rings. The fraction of sp³-hybridized carbons (Fsp3) is 0.333. The number of hydrogen-bond acceptors (Lipinski definition) is 5. The maximum absolute atomic E-state index is 12.4. The molecule has 3 aromatic rings. The topological polar surface area (TPSA) is 68.1 Å². The maximum Gasteiger partial charge on any atom is 0.250 e. The molecule has 0 spiro atoms. The van der Waals surface area contributed by atoms with Crippen molar-refractivity contribution in [1.82, 2.24) is 19.4 Å². The highest BCUT2D eigenvalue weighted by atomic mass is 19.3. The van der Waals surface area contributed by atoms with E-state index in [4.69, 9.17) is 0 Å². The van der Waals surface area contributed by atoms with E-state index in [0.717, 1.165) is 23.0 Å². The molecule has 1 saturated heterocycles. The predicted octanol–water partition coefficient (Wildman–Crippen LogP) is 3.78. The molecule has 29 heavy (non-hydrogen) atoms. The Kier molecular flexibility index (Phi) is 6.12. The van der Waals surface area contributed by atoms with Crippen molar-refractivity contribution in [1.29, 1.82) is 0 Å². The van der Waals surface area contributed by atoms with Crippen LogP contribution in [0.2, 0.25) is 0 Å². The Balaban J connectivity index is 0.000000224. The van der Waals surface area contributed by atoms with Crippen molar-refractivity contribution in [2.45, 2.75) is 25.7 Å². The first kappa shape index (κ1) is 20.7. The Bertz CT molecular complexity index is 1020. The van der Waals surface area contributed by atoms with Crippen LogP contribution in [0.1, 0.15) is 40.5 Å². The van der Waals surface area contributed by atoms with Gasteiger partial charge in [0.2, 0.25) is 0 Å². The monoisotopic (exact) mass is 400 g/mol. The highest BCUT2D eigenvalue weighted by Gasteiger charge is 2.32. The van der Waals surface area contributed by atoms with Crippen LogP contribution in [-0.2, 0) is 0 Å². The number of fused-ring (bicyclic) bond motifs is 1. The minimum atomic E-state index is -2.38. The van der Waals surface area contributed by atoms with Crippen LogP contribution in [0.15, 0.2) is 43.0 Å². The first-order valence-electron chi connectivity index (χ1n) is 9.24. The predicted molar refractivity (Wildman–Crippen MR) is 106 cm³/mol. The van der Waals surface area contributed by atoms with Crippen LogP contribution >= 0.6 is 0 Å². The Morgan fingerprint density at radius 3 is 2.52 bits per heavy atom. The number of piperidine rings is 1. The summed E-state index contributed by atoms with van der Waals surface area (Å²) in [6, 6.07) is 5.41. The molecule has 152 valence electrons. The summed E-state index contributed by atoms with van der Waals surface area (Å²) in [6.45, 7) is 2.57. The van der Waals surface area contributed by atoms with Crippen LogP contribution in [0.25, 0.3) is 16.7 Å². The summed E-state index contributed by atoms with van der Waals surface area (Å²) in [5, 5.41) is 0.864. The molecule has 0 N–H and O–H groups in total. The van der Waals surface area contributed by atoms with E-state index in [9.17, 15) is 18.4 Å². The molecule has 0 aliphatic carbocycles. The van der Waals surface area contributed by atoms with Crippen LogP contribution < -0.4 is 0 Å². The third kappa shape index (κ3) is 5.08. The fourth-order valence-corrected chi connectivity index (χ4v) is 3.01. The molecule has 0 atom stereocenters. The van der Waals surface area contributed by atoms with Gasteiger partial charge in [0.25, 0.3) is 5.92 Å². The van der Waals surface area contributed by atoms with E-state index >= 15 is 0 Å². The van der Waals surface area contributed by atoms with E-state index in [1.807, 2.05) is 28.8 Å². The molecule has 0 radical (unpaired) electrons. The van der Waals surface area contributed by atoms with Crippen LogP contribution in [0.3, 0.4) is 0 Å². The molecule has 4 rings (SSSR count). The lowest BCUT2D eigenvalue weighted by Gasteiger charge is -2.28. The summed E-state index contributed by atoms with van der Waals surface area (Å²) in [5.74, 6) is -2.42. The molecule has 0 unspecified atom stereocenters. The van der Waals surface area contributed by atoms with Crippen LogP contribution in [0.5, 0.6) is 0 Å². The van der Waals surface area contributed by atoms with E-state index in [0.29, 0.717) is 24.2 Å². The molecule has 3 aromatic heterocycles. The van der Waals surface area contributed by atoms with Crippen molar-refractivity contribution in [2.75, 3.05) is 20.1 Å². The molecule has 0 amide bonds. The maximum atomic E-state index is 12.4. The minimum absolute atomic E-state index is 0.0312. The van der Waals surface area contributed by atoms with E-state index in [-0.39, 0.29) is 18.6 Å². The van der Waals surface area contributed by atoms with Crippen molar-refractivity contribution in [3.05, 3.63) is 54.1 Å². The van der Waals surface area contributed by atoms with Gasteiger partial charge in [0.15, 0.2) is 12.1 Å². The van der Waals surface area contributed by atoms with Crippen molar-refractivity contribution in [3.8, 4) is 5.69 Å². The molecule has 0 saturated carbocycles. The zero-order chi connectivity index (χ0) is 21.0. The SMILES string of the molecule is CC(=O)c1cncc(-n2ccc3cc(C=O)cnc32)c1.CN1CCC(F)(F)CC1. The van der Waals surface area contributed by atoms with Crippen LogP contribution in [-0.4, -0.2) is 57.6 Å². The summed E-state index contributed by atoms with van der Waals surface area (Å²) in [6.07, 6.45) is 7.40. The summed E-state index contributed by atoms with van der Waals surface area (Å²) >= 11 is 0.